The molecule has 0 bridgehead atoms. The van der Waals surface area contributed by atoms with Crippen LogP contribution in [-0.2, 0) is 0 Å². The lowest BCUT2D eigenvalue weighted by atomic mass is 10.3. The van der Waals surface area contributed by atoms with E-state index in [0.717, 1.165) is 16.5 Å². The van der Waals surface area contributed by atoms with Crippen molar-refractivity contribution >= 4 is 16.7 Å². The summed E-state index contributed by atoms with van der Waals surface area (Å²) < 4.78 is 4.20. The standard InChI is InChI=1S/C8H8N4S/c1-9-8-11-7(12-13-8)6-2-4-10-5-3-6/h2-5H,1H3,(H,9,11,12). The molecular formula is C8H8N4S. The molecule has 0 amide bonds. The Hall–Kier alpha value is -1.49. The van der Waals surface area contributed by atoms with Gasteiger partial charge in [-0.05, 0) is 12.1 Å². The van der Waals surface area contributed by atoms with Gasteiger partial charge in [-0.1, -0.05) is 0 Å². The van der Waals surface area contributed by atoms with Crippen molar-refractivity contribution in [3.63, 3.8) is 0 Å². The van der Waals surface area contributed by atoms with Gasteiger partial charge in [0.2, 0.25) is 5.13 Å². The average Bonchev–Trinajstić information content (AvgIpc) is 2.67. The van der Waals surface area contributed by atoms with Crippen LogP contribution in [0, 0.1) is 0 Å². The number of nitrogens with zero attached hydrogens (tertiary/aromatic N) is 3. The molecule has 5 heteroatoms. The Balaban J connectivity index is 2.36. The second-order valence-corrected chi connectivity index (χ2v) is 3.16. The summed E-state index contributed by atoms with van der Waals surface area (Å²) in [5.41, 5.74) is 0.993. The molecule has 2 aromatic heterocycles. The first kappa shape index (κ1) is 8.12. The quantitative estimate of drug-likeness (QED) is 0.786. The Bertz CT molecular complexity index is 384. The molecule has 0 aliphatic heterocycles. The summed E-state index contributed by atoms with van der Waals surface area (Å²) in [6, 6.07) is 3.78. The molecule has 1 N–H and O–H groups in total. The summed E-state index contributed by atoms with van der Waals surface area (Å²) >= 11 is 1.35. The molecule has 0 fully saturated rings. The number of rotatable bonds is 2. The van der Waals surface area contributed by atoms with E-state index in [-0.39, 0.29) is 0 Å². The van der Waals surface area contributed by atoms with Crippen LogP contribution in [0.25, 0.3) is 11.4 Å². The van der Waals surface area contributed by atoms with Gasteiger partial charge in [0, 0.05) is 36.5 Å². The first-order chi connectivity index (χ1) is 6.40. The maximum atomic E-state index is 4.27. The van der Waals surface area contributed by atoms with E-state index in [9.17, 15) is 0 Å². The fraction of sp³-hybridized carbons (Fsp3) is 0.125. The Labute approximate surface area is 79.8 Å². The lowest BCUT2D eigenvalue weighted by Crippen LogP contribution is -1.86. The molecule has 2 heterocycles. The normalized spacial score (nSPS) is 9.92. The highest BCUT2D eigenvalue weighted by Gasteiger charge is 2.03. The monoisotopic (exact) mass is 192 g/mol. The van der Waals surface area contributed by atoms with Gasteiger partial charge in [-0.2, -0.15) is 9.36 Å². The van der Waals surface area contributed by atoms with E-state index in [1.165, 1.54) is 11.5 Å². The zero-order valence-corrected chi connectivity index (χ0v) is 7.88. The van der Waals surface area contributed by atoms with Crippen molar-refractivity contribution in [2.75, 3.05) is 12.4 Å². The maximum Gasteiger partial charge on any atom is 0.202 e. The van der Waals surface area contributed by atoms with Crippen LogP contribution in [0.4, 0.5) is 5.13 Å². The molecule has 0 saturated heterocycles. The van der Waals surface area contributed by atoms with Crippen molar-refractivity contribution in [2.24, 2.45) is 0 Å². The van der Waals surface area contributed by atoms with Gasteiger partial charge < -0.3 is 5.32 Å². The van der Waals surface area contributed by atoms with E-state index in [2.05, 4.69) is 19.7 Å². The number of pyridine rings is 1. The SMILES string of the molecule is CNc1nc(-c2ccncc2)ns1. The molecule has 0 spiro atoms. The summed E-state index contributed by atoms with van der Waals surface area (Å²) in [5.74, 6) is 0.747. The van der Waals surface area contributed by atoms with Crippen LogP contribution in [0.3, 0.4) is 0 Å². The maximum absolute atomic E-state index is 4.27. The van der Waals surface area contributed by atoms with Crippen LogP contribution in [-0.4, -0.2) is 21.4 Å². The molecule has 13 heavy (non-hydrogen) atoms. The summed E-state index contributed by atoms with van der Waals surface area (Å²) in [6.45, 7) is 0. The van der Waals surface area contributed by atoms with Gasteiger partial charge in [0.05, 0.1) is 0 Å². The average molecular weight is 192 g/mol. The van der Waals surface area contributed by atoms with Crippen LogP contribution in [0.15, 0.2) is 24.5 Å². The summed E-state index contributed by atoms with van der Waals surface area (Å²) in [4.78, 5) is 8.20. The molecule has 0 atom stereocenters. The van der Waals surface area contributed by atoms with Gasteiger partial charge in [-0.25, -0.2) is 0 Å². The second-order valence-electron chi connectivity index (χ2n) is 2.41. The Kier molecular flexibility index (Phi) is 2.18. The van der Waals surface area contributed by atoms with Crippen molar-refractivity contribution in [3.05, 3.63) is 24.5 Å². The minimum atomic E-state index is 0.747. The van der Waals surface area contributed by atoms with E-state index in [0.29, 0.717) is 0 Å². The minimum absolute atomic E-state index is 0.747. The molecule has 2 aromatic rings. The highest BCUT2D eigenvalue weighted by atomic mass is 32.1. The van der Waals surface area contributed by atoms with E-state index < -0.39 is 0 Å². The molecule has 0 unspecified atom stereocenters. The molecule has 66 valence electrons. The molecule has 0 aliphatic rings. The first-order valence-electron chi connectivity index (χ1n) is 3.82. The number of nitrogens with one attached hydrogen (secondary N) is 1. The van der Waals surface area contributed by atoms with Crippen molar-refractivity contribution < 1.29 is 0 Å². The van der Waals surface area contributed by atoms with Gasteiger partial charge in [-0.3, -0.25) is 4.98 Å². The van der Waals surface area contributed by atoms with Crippen molar-refractivity contribution in [2.45, 2.75) is 0 Å². The minimum Gasteiger partial charge on any atom is -0.363 e. The highest BCUT2D eigenvalue weighted by Crippen LogP contribution is 2.19. The van der Waals surface area contributed by atoms with Crippen molar-refractivity contribution in [3.8, 4) is 11.4 Å². The van der Waals surface area contributed by atoms with Gasteiger partial charge in [-0.15, -0.1) is 0 Å². The topological polar surface area (TPSA) is 50.7 Å². The van der Waals surface area contributed by atoms with E-state index in [1.54, 1.807) is 12.4 Å². The largest absolute Gasteiger partial charge is 0.363 e. The van der Waals surface area contributed by atoms with Gasteiger partial charge in [0.1, 0.15) is 0 Å². The van der Waals surface area contributed by atoms with Gasteiger partial charge >= 0.3 is 0 Å². The third kappa shape index (κ3) is 1.65. The predicted octanol–water partition coefficient (Wildman–Crippen LogP) is 1.64. The Morgan fingerprint density at radius 2 is 2.08 bits per heavy atom. The number of hydrogen-bond acceptors (Lipinski definition) is 5. The lowest BCUT2D eigenvalue weighted by molar-refractivity contribution is 1.27. The van der Waals surface area contributed by atoms with E-state index in [1.807, 2.05) is 19.2 Å². The summed E-state index contributed by atoms with van der Waals surface area (Å²) in [5, 5.41) is 3.77. The van der Waals surface area contributed by atoms with Gasteiger partial charge in [0.25, 0.3) is 0 Å². The fourth-order valence-electron chi connectivity index (χ4n) is 0.943. The van der Waals surface area contributed by atoms with Crippen LogP contribution in [0.2, 0.25) is 0 Å². The summed E-state index contributed by atoms with van der Waals surface area (Å²) in [7, 11) is 1.83. The Morgan fingerprint density at radius 1 is 1.31 bits per heavy atom. The molecule has 0 aliphatic carbocycles. The van der Waals surface area contributed by atoms with Crippen molar-refractivity contribution in [1.82, 2.24) is 14.3 Å². The smallest absolute Gasteiger partial charge is 0.202 e. The number of anilines is 1. The third-order valence-electron chi connectivity index (χ3n) is 1.58. The van der Waals surface area contributed by atoms with E-state index >= 15 is 0 Å². The van der Waals surface area contributed by atoms with Crippen LogP contribution >= 0.6 is 11.5 Å². The first-order valence-corrected chi connectivity index (χ1v) is 4.59. The molecule has 0 radical (unpaired) electrons. The molecule has 0 saturated carbocycles. The number of aromatic nitrogens is 3. The predicted molar refractivity (Wildman–Crippen MR) is 52.7 cm³/mol. The zero-order valence-electron chi connectivity index (χ0n) is 7.06. The fourth-order valence-corrected chi connectivity index (χ4v) is 1.48. The van der Waals surface area contributed by atoms with Crippen LogP contribution < -0.4 is 5.32 Å². The lowest BCUT2D eigenvalue weighted by Gasteiger charge is -1.91. The zero-order chi connectivity index (χ0) is 9.10. The van der Waals surface area contributed by atoms with E-state index in [4.69, 9.17) is 0 Å². The molecule has 2 rings (SSSR count). The van der Waals surface area contributed by atoms with Crippen molar-refractivity contribution in [1.29, 1.82) is 0 Å². The third-order valence-corrected chi connectivity index (χ3v) is 2.31. The molecule has 0 aromatic carbocycles. The second kappa shape index (κ2) is 3.49. The molecule has 4 nitrogen and oxygen atoms in total. The van der Waals surface area contributed by atoms with Crippen LogP contribution in [0.1, 0.15) is 0 Å². The number of hydrogen-bond donors (Lipinski definition) is 1. The highest BCUT2D eigenvalue weighted by molar-refractivity contribution is 7.09. The van der Waals surface area contributed by atoms with Crippen LogP contribution in [0.5, 0.6) is 0 Å². The molecular weight excluding hydrogens is 184 g/mol. The van der Waals surface area contributed by atoms with Gasteiger partial charge in [0.15, 0.2) is 5.82 Å². The summed E-state index contributed by atoms with van der Waals surface area (Å²) in [6.07, 6.45) is 3.46. The Morgan fingerprint density at radius 3 is 2.69 bits per heavy atom.